The lowest BCUT2D eigenvalue weighted by molar-refractivity contribution is 0.789. The van der Waals surface area contributed by atoms with Gasteiger partial charge in [-0.3, -0.25) is 4.98 Å². The number of pyridine rings is 1. The van der Waals surface area contributed by atoms with Crippen LogP contribution in [0.25, 0.3) is 10.9 Å². The van der Waals surface area contributed by atoms with Crippen LogP contribution in [0.2, 0.25) is 0 Å². The molecule has 3 rings (SSSR count). The first kappa shape index (κ1) is 12.9. The third-order valence-corrected chi connectivity index (χ3v) is 3.51. The molecule has 0 radical (unpaired) electrons. The Morgan fingerprint density at radius 2 is 1.89 bits per heavy atom. The van der Waals surface area contributed by atoms with E-state index in [-0.39, 0.29) is 0 Å². The largest absolute Gasteiger partial charge is 0.373 e. The molecule has 0 aliphatic carbocycles. The number of anilines is 1. The molecule has 1 aliphatic heterocycles. The second-order valence-electron chi connectivity index (χ2n) is 4.76. The Labute approximate surface area is 110 Å². The monoisotopic (exact) mass is 242 g/mol. The zero-order valence-electron chi connectivity index (χ0n) is 12.0. The minimum atomic E-state index is 0.595. The van der Waals surface area contributed by atoms with E-state index in [2.05, 4.69) is 50.1 Å². The first-order valence-corrected chi connectivity index (χ1v) is 6.79. The van der Waals surface area contributed by atoms with Crippen LogP contribution >= 0.6 is 0 Å². The van der Waals surface area contributed by atoms with E-state index in [1.54, 1.807) is 0 Å². The maximum Gasteiger partial charge on any atom is 0.0726 e. The Balaban J connectivity index is 0.000000574. The second-order valence-corrected chi connectivity index (χ2v) is 4.76. The van der Waals surface area contributed by atoms with Crippen molar-refractivity contribution in [2.24, 2.45) is 0 Å². The van der Waals surface area contributed by atoms with E-state index in [0.29, 0.717) is 5.92 Å². The molecule has 0 N–H and O–H groups in total. The van der Waals surface area contributed by atoms with Gasteiger partial charge in [-0.1, -0.05) is 39.0 Å². The van der Waals surface area contributed by atoms with Crippen LogP contribution in [0.1, 0.15) is 37.9 Å². The van der Waals surface area contributed by atoms with E-state index in [0.717, 1.165) is 12.1 Å². The van der Waals surface area contributed by atoms with Crippen molar-refractivity contribution in [1.29, 1.82) is 0 Å². The second kappa shape index (κ2) is 4.97. The summed E-state index contributed by atoms with van der Waals surface area (Å²) in [6.45, 7) is 9.51. The number of likely N-dealkylation sites (N-methyl/N-ethyl adjacent to an activating group) is 1. The Bertz CT molecular complexity index is 560. The van der Waals surface area contributed by atoms with E-state index >= 15 is 0 Å². The van der Waals surface area contributed by atoms with Gasteiger partial charge in [0.25, 0.3) is 0 Å². The Morgan fingerprint density at radius 3 is 2.61 bits per heavy atom. The molecule has 18 heavy (non-hydrogen) atoms. The smallest absolute Gasteiger partial charge is 0.0726 e. The zero-order chi connectivity index (χ0) is 13.3. The maximum absolute atomic E-state index is 4.71. The summed E-state index contributed by atoms with van der Waals surface area (Å²) in [7, 11) is 2.17. The number of nitrogens with zero attached hydrogens (tertiary/aromatic N) is 2. The fourth-order valence-electron chi connectivity index (χ4n) is 2.92. The van der Waals surface area contributed by atoms with Gasteiger partial charge in [-0.2, -0.15) is 0 Å². The topological polar surface area (TPSA) is 16.1 Å². The molecule has 0 saturated carbocycles. The van der Waals surface area contributed by atoms with Crippen LogP contribution in [-0.4, -0.2) is 18.6 Å². The third kappa shape index (κ3) is 1.86. The van der Waals surface area contributed by atoms with Crippen LogP contribution < -0.4 is 4.90 Å². The zero-order valence-corrected chi connectivity index (χ0v) is 12.0. The molecule has 1 aromatic carbocycles. The minimum Gasteiger partial charge on any atom is -0.373 e. The van der Waals surface area contributed by atoms with Gasteiger partial charge in [0.1, 0.15) is 0 Å². The maximum atomic E-state index is 4.71. The predicted octanol–water partition coefficient (Wildman–Crippen LogP) is 4.12. The number of aromatic nitrogens is 1. The molecular formula is C16H22N2. The number of para-hydroxylation sites is 1. The van der Waals surface area contributed by atoms with Crippen molar-refractivity contribution in [3.63, 3.8) is 0 Å². The highest BCUT2D eigenvalue weighted by molar-refractivity contribution is 5.95. The average Bonchev–Trinajstić information content (AvgIpc) is 2.68. The molecule has 0 spiro atoms. The molecule has 2 heterocycles. The Morgan fingerprint density at radius 1 is 1.22 bits per heavy atom. The van der Waals surface area contributed by atoms with Gasteiger partial charge < -0.3 is 4.90 Å². The predicted molar refractivity (Wildman–Crippen MR) is 79.5 cm³/mol. The van der Waals surface area contributed by atoms with Crippen molar-refractivity contribution in [1.82, 2.24) is 4.98 Å². The van der Waals surface area contributed by atoms with E-state index < -0.39 is 0 Å². The summed E-state index contributed by atoms with van der Waals surface area (Å²) in [5.41, 5.74) is 5.11. The number of rotatable bonds is 0. The molecular weight excluding hydrogens is 220 g/mol. The lowest BCUT2D eigenvalue weighted by Gasteiger charge is -2.15. The number of hydrogen-bond donors (Lipinski definition) is 0. The van der Waals surface area contributed by atoms with Gasteiger partial charge in [-0.05, 0) is 13.0 Å². The summed E-state index contributed by atoms with van der Waals surface area (Å²) in [6.07, 6.45) is 0. The molecule has 96 valence electrons. The van der Waals surface area contributed by atoms with Gasteiger partial charge in [-0.25, -0.2) is 0 Å². The van der Waals surface area contributed by atoms with Crippen LogP contribution in [-0.2, 0) is 0 Å². The molecule has 2 heteroatoms. The van der Waals surface area contributed by atoms with Gasteiger partial charge in [0.05, 0.1) is 11.2 Å². The minimum absolute atomic E-state index is 0.595. The molecule has 0 amide bonds. The normalized spacial score (nSPS) is 17.4. The fourth-order valence-corrected chi connectivity index (χ4v) is 2.92. The SMILES string of the molecule is CC.Cc1nc2ccccc2c2c1C(C)CN2C. The summed E-state index contributed by atoms with van der Waals surface area (Å²) >= 11 is 0. The summed E-state index contributed by atoms with van der Waals surface area (Å²) < 4.78 is 0. The Hall–Kier alpha value is -1.57. The van der Waals surface area contributed by atoms with E-state index in [4.69, 9.17) is 4.98 Å². The standard InChI is InChI=1S/C14H16N2.C2H6/c1-9-8-16(3)14-11-6-4-5-7-12(11)15-10(2)13(9)14;1-2/h4-7,9H,8H2,1-3H3;1-2H3. The van der Waals surface area contributed by atoms with Crippen LogP contribution in [0, 0.1) is 6.92 Å². The summed E-state index contributed by atoms with van der Waals surface area (Å²) in [5, 5.41) is 1.29. The van der Waals surface area contributed by atoms with Crippen molar-refractivity contribution in [3.8, 4) is 0 Å². The first-order valence-electron chi connectivity index (χ1n) is 6.79. The quantitative estimate of drug-likeness (QED) is 0.690. The Kier molecular flexibility index (Phi) is 3.55. The molecule has 1 unspecified atom stereocenters. The van der Waals surface area contributed by atoms with Gasteiger partial charge >= 0.3 is 0 Å². The molecule has 2 nitrogen and oxygen atoms in total. The summed E-state index contributed by atoms with van der Waals surface area (Å²) in [6, 6.07) is 8.42. The summed E-state index contributed by atoms with van der Waals surface area (Å²) in [4.78, 5) is 7.06. The molecule has 0 bridgehead atoms. The highest BCUT2D eigenvalue weighted by Crippen LogP contribution is 2.41. The molecule has 1 aromatic heterocycles. The highest BCUT2D eigenvalue weighted by atomic mass is 15.1. The highest BCUT2D eigenvalue weighted by Gasteiger charge is 2.27. The van der Waals surface area contributed by atoms with Crippen LogP contribution in [0.3, 0.4) is 0 Å². The van der Waals surface area contributed by atoms with Crippen molar-refractivity contribution >= 4 is 16.6 Å². The van der Waals surface area contributed by atoms with Crippen LogP contribution in [0.15, 0.2) is 24.3 Å². The number of benzene rings is 1. The molecule has 1 aliphatic rings. The van der Waals surface area contributed by atoms with Gasteiger partial charge in [0, 0.05) is 36.2 Å². The van der Waals surface area contributed by atoms with Crippen molar-refractivity contribution in [2.75, 3.05) is 18.5 Å². The van der Waals surface area contributed by atoms with Crippen LogP contribution in [0.5, 0.6) is 0 Å². The van der Waals surface area contributed by atoms with Gasteiger partial charge in [0.15, 0.2) is 0 Å². The van der Waals surface area contributed by atoms with E-state index in [9.17, 15) is 0 Å². The van der Waals surface area contributed by atoms with Crippen molar-refractivity contribution in [2.45, 2.75) is 33.6 Å². The third-order valence-electron chi connectivity index (χ3n) is 3.51. The summed E-state index contributed by atoms with van der Waals surface area (Å²) in [5.74, 6) is 0.595. The molecule has 1 atom stereocenters. The van der Waals surface area contributed by atoms with Gasteiger partial charge in [0.2, 0.25) is 0 Å². The average molecular weight is 242 g/mol. The fraction of sp³-hybridized carbons (Fsp3) is 0.438. The number of aryl methyl sites for hydroxylation is 1. The number of fused-ring (bicyclic) bond motifs is 3. The van der Waals surface area contributed by atoms with Gasteiger partial charge in [-0.15, -0.1) is 0 Å². The van der Waals surface area contributed by atoms with E-state index in [1.807, 2.05) is 13.8 Å². The molecule has 0 fully saturated rings. The van der Waals surface area contributed by atoms with Crippen LogP contribution in [0.4, 0.5) is 5.69 Å². The van der Waals surface area contributed by atoms with E-state index in [1.165, 1.54) is 22.3 Å². The first-order chi connectivity index (χ1) is 8.68. The van der Waals surface area contributed by atoms with Crippen molar-refractivity contribution in [3.05, 3.63) is 35.5 Å². The lowest BCUT2D eigenvalue weighted by atomic mass is 10.00. The number of hydrogen-bond acceptors (Lipinski definition) is 2. The van der Waals surface area contributed by atoms with Crippen molar-refractivity contribution < 1.29 is 0 Å². The molecule has 2 aromatic rings. The molecule has 0 saturated heterocycles. The lowest BCUT2D eigenvalue weighted by Crippen LogP contribution is -2.14.